The summed E-state index contributed by atoms with van der Waals surface area (Å²) in [5, 5.41) is 2.10. The van der Waals surface area contributed by atoms with E-state index < -0.39 is 0 Å². The Balaban J connectivity index is 1.49. The Morgan fingerprint density at radius 1 is 1.38 bits per heavy atom. The molecule has 0 atom stereocenters. The third-order valence-electron chi connectivity index (χ3n) is 3.60. The third kappa shape index (κ3) is 3.36. The van der Waals surface area contributed by atoms with Crippen molar-refractivity contribution in [2.24, 2.45) is 0 Å². The maximum atomic E-state index is 12.2. The molecule has 3 rings (SSSR count). The largest absolute Gasteiger partial charge is 0.493 e. The molecule has 2 aromatic rings. The van der Waals surface area contributed by atoms with Gasteiger partial charge in [0.05, 0.1) is 13.0 Å². The summed E-state index contributed by atoms with van der Waals surface area (Å²) < 4.78 is 5.58. The first-order valence-electron chi connectivity index (χ1n) is 7.04. The molecule has 4 nitrogen and oxygen atoms in total. The molecule has 1 aromatic carbocycles. The average Bonchev–Trinajstić information content (AvgIpc) is 2.94. The van der Waals surface area contributed by atoms with Gasteiger partial charge in [0, 0.05) is 29.7 Å². The minimum atomic E-state index is 0.149. The third-order valence-corrected chi connectivity index (χ3v) is 4.63. The van der Waals surface area contributed by atoms with E-state index >= 15 is 0 Å². The quantitative estimate of drug-likeness (QED) is 0.884. The summed E-state index contributed by atoms with van der Waals surface area (Å²) in [7, 11) is 0. The summed E-state index contributed by atoms with van der Waals surface area (Å²) in [6, 6.07) is 9.38. The van der Waals surface area contributed by atoms with Gasteiger partial charge in [0.2, 0.25) is 5.91 Å². The molecular weight excluding hydrogens is 284 g/mol. The summed E-state index contributed by atoms with van der Waals surface area (Å²) in [5.41, 5.74) is 7.64. The summed E-state index contributed by atoms with van der Waals surface area (Å²) in [6.45, 7) is 1.93. The van der Waals surface area contributed by atoms with E-state index in [-0.39, 0.29) is 5.91 Å². The number of hydrogen-bond donors (Lipinski definition) is 1. The van der Waals surface area contributed by atoms with E-state index in [2.05, 4.69) is 11.4 Å². The van der Waals surface area contributed by atoms with Crippen LogP contribution in [0.1, 0.15) is 16.9 Å². The van der Waals surface area contributed by atoms with Crippen LogP contribution in [0.2, 0.25) is 0 Å². The molecule has 0 fully saturated rings. The molecule has 5 heteroatoms. The second-order valence-corrected chi connectivity index (χ2v) is 6.11. The zero-order valence-electron chi connectivity index (χ0n) is 11.7. The van der Waals surface area contributed by atoms with Gasteiger partial charge in [-0.15, -0.1) is 11.3 Å². The first-order chi connectivity index (χ1) is 10.2. The lowest BCUT2D eigenvalue weighted by Crippen LogP contribution is -2.36. The normalized spacial score (nSPS) is 13.8. The Bertz CT molecular complexity index is 639. The number of thiophene rings is 1. The predicted octanol–water partition coefficient (Wildman–Crippen LogP) is 2.68. The van der Waals surface area contributed by atoms with Gasteiger partial charge in [-0.2, -0.15) is 0 Å². The fourth-order valence-electron chi connectivity index (χ4n) is 2.48. The van der Waals surface area contributed by atoms with Crippen molar-refractivity contribution in [3.05, 3.63) is 46.2 Å². The van der Waals surface area contributed by atoms with Crippen molar-refractivity contribution in [3.8, 4) is 5.75 Å². The number of hydrogen-bond acceptors (Lipinski definition) is 4. The molecule has 2 heterocycles. The van der Waals surface area contributed by atoms with E-state index in [0.717, 1.165) is 19.5 Å². The molecule has 2 N–H and O–H groups in total. The summed E-state index contributed by atoms with van der Waals surface area (Å²) >= 11 is 1.78. The molecular formula is C16H18N2O2S. The van der Waals surface area contributed by atoms with Crippen LogP contribution in [0.15, 0.2) is 35.7 Å². The topological polar surface area (TPSA) is 55.6 Å². The average molecular weight is 302 g/mol. The molecule has 1 aromatic heterocycles. The van der Waals surface area contributed by atoms with Crippen LogP contribution in [-0.2, 0) is 17.8 Å². The van der Waals surface area contributed by atoms with Gasteiger partial charge < -0.3 is 15.4 Å². The highest BCUT2D eigenvalue weighted by Gasteiger charge is 2.21. The number of nitrogen functional groups attached to an aromatic ring is 1. The van der Waals surface area contributed by atoms with Gasteiger partial charge in [0.25, 0.3) is 0 Å². The van der Waals surface area contributed by atoms with Crippen molar-refractivity contribution in [2.45, 2.75) is 19.4 Å². The van der Waals surface area contributed by atoms with Gasteiger partial charge in [0.15, 0.2) is 0 Å². The Labute approximate surface area is 128 Å². The first kappa shape index (κ1) is 13.9. The number of amides is 1. The van der Waals surface area contributed by atoms with Crippen LogP contribution in [0.3, 0.4) is 0 Å². The fraction of sp³-hybridized carbons (Fsp3) is 0.312. The van der Waals surface area contributed by atoms with Gasteiger partial charge >= 0.3 is 0 Å². The van der Waals surface area contributed by atoms with E-state index in [1.807, 2.05) is 23.1 Å². The number of nitrogens with zero attached hydrogens (tertiary/aromatic N) is 1. The molecule has 0 saturated heterocycles. The van der Waals surface area contributed by atoms with Crippen LogP contribution in [0.25, 0.3) is 0 Å². The van der Waals surface area contributed by atoms with E-state index in [4.69, 9.17) is 10.5 Å². The van der Waals surface area contributed by atoms with Crippen molar-refractivity contribution >= 4 is 22.9 Å². The maximum Gasteiger partial charge on any atom is 0.226 e. The van der Waals surface area contributed by atoms with Crippen LogP contribution in [0, 0.1) is 0 Å². The number of anilines is 1. The summed E-state index contributed by atoms with van der Waals surface area (Å²) in [5.74, 6) is 0.859. The Morgan fingerprint density at radius 2 is 2.29 bits per heavy atom. The number of carbonyl (C=O) groups is 1. The van der Waals surface area contributed by atoms with Crippen LogP contribution in [-0.4, -0.2) is 24.0 Å². The smallest absolute Gasteiger partial charge is 0.226 e. The molecule has 0 aliphatic carbocycles. The Hall–Kier alpha value is -2.01. The van der Waals surface area contributed by atoms with Crippen LogP contribution in [0.5, 0.6) is 5.75 Å². The number of rotatable bonds is 4. The lowest BCUT2D eigenvalue weighted by molar-refractivity contribution is -0.132. The molecule has 1 amide bonds. The van der Waals surface area contributed by atoms with Crippen LogP contribution >= 0.6 is 11.3 Å². The molecule has 0 saturated carbocycles. The summed E-state index contributed by atoms with van der Waals surface area (Å²) in [6.07, 6.45) is 1.36. The van der Waals surface area contributed by atoms with E-state index in [1.54, 1.807) is 17.4 Å². The second-order valence-electron chi connectivity index (χ2n) is 5.11. The molecule has 110 valence electrons. The number of benzene rings is 1. The molecule has 21 heavy (non-hydrogen) atoms. The highest BCUT2D eigenvalue weighted by Crippen LogP contribution is 2.24. The zero-order chi connectivity index (χ0) is 14.7. The Kier molecular flexibility index (Phi) is 4.10. The Morgan fingerprint density at radius 3 is 3.14 bits per heavy atom. The second kappa shape index (κ2) is 6.18. The molecule has 0 radical (unpaired) electrons. The maximum absolute atomic E-state index is 12.2. The van der Waals surface area contributed by atoms with E-state index in [0.29, 0.717) is 24.5 Å². The number of fused-ring (bicyclic) bond motifs is 1. The van der Waals surface area contributed by atoms with Crippen molar-refractivity contribution in [2.75, 3.05) is 18.9 Å². The fourth-order valence-corrected chi connectivity index (χ4v) is 3.37. The molecule has 1 aliphatic heterocycles. The van der Waals surface area contributed by atoms with Crippen LogP contribution in [0.4, 0.5) is 5.69 Å². The van der Waals surface area contributed by atoms with Gasteiger partial charge in [-0.1, -0.05) is 6.07 Å². The molecule has 1 aliphatic rings. The van der Waals surface area contributed by atoms with Crippen LogP contribution < -0.4 is 10.5 Å². The highest BCUT2D eigenvalue weighted by molar-refractivity contribution is 7.10. The van der Waals surface area contributed by atoms with Crippen molar-refractivity contribution in [3.63, 3.8) is 0 Å². The van der Waals surface area contributed by atoms with E-state index in [1.165, 1.54) is 10.4 Å². The molecule has 0 spiro atoms. The molecule has 0 bridgehead atoms. The summed E-state index contributed by atoms with van der Waals surface area (Å²) in [4.78, 5) is 15.5. The number of ether oxygens (including phenoxy) is 1. The first-order valence-corrected chi connectivity index (χ1v) is 7.92. The van der Waals surface area contributed by atoms with Crippen molar-refractivity contribution < 1.29 is 9.53 Å². The van der Waals surface area contributed by atoms with Gasteiger partial charge in [-0.05, 0) is 35.6 Å². The number of nitrogens with two attached hydrogens (primary N) is 1. The monoisotopic (exact) mass is 302 g/mol. The van der Waals surface area contributed by atoms with E-state index in [9.17, 15) is 4.79 Å². The lowest BCUT2D eigenvalue weighted by Gasteiger charge is -2.27. The lowest BCUT2D eigenvalue weighted by atomic mass is 10.1. The minimum Gasteiger partial charge on any atom is -0.493 e. The predicted molar refractivity (Wildman–Crippen MR) is 84.4 cm³/mol. The number of carbonyl (C=O) groups excluding carboxylic acids is 1. The van der Waals surface area contributed by atoms with Gasteiger partial charge in [-0.25, -0.2) is 0 Å². The standard InChI is InChI=1S/C16H18N2O2S/c17-13-2-1-3-14(10-13)20-8-5-16(19)18-7-4-15-12(11-18)6-9-21-15/h1-3,6,9-10H,4-5,7-8,11,17H2. The SMILES string of the molecule is Nc1cccc(OCCC(=O)N2CCc3sccc3C2)c1. The van der Waals surface area contributed by atoms with Gasteiger partial charge in [-0.3, -0.25) is 4.79 Å². The van der Waals surface area contributed by atoms with Crippen molar-refractivity contribution in [1.29, 1.82) is 0 Å². The minimum absolute atomic E-state index is 0.149. The molecule has 0 unspecified atom stereocenters. The zero-order valence-corrected chi connectivity index (χ0v) is 12.6. The van der Waals surface area contributed by atoms with Crippen molar-refractivity contribution in [1.82, 2.24) is 4.90 Å². The highest BCUT2D eigenvalue weighted by atomic mass is 32.1. The van der Waals surface area contributed by atoms with Gasteiger partial charge in [0.1, 0.15) is 5.75 Å².